The van der Waals surface area contributed by atoms with Gasteiger partial charge in [0.25, 0.3) is 0 Å². The van der Waals surface area contributed by atoms with Crippen molar-refractivity contribution in [2.45, 2.75) is 6.42 Å². The number of carboxylic acids is 1. The summed E-state index contributed by atoms with van der Waals surface area (Å²) in [5.41, 5.74) is 0.349. The minimum atomic E-state index is -1.57. The third kappa shape index (κ3) is 4.06. The number of benzene rings is 1. The Labute approximate surface area is 96.8 Å². The first-order valence-corrected chi connectivity index (χ1v) is 3.95. The topological polar surface area (TPSA) is 71.4 Å². The summed E-state index contributed by atoms with van der Waals surface area (Å²) in [4.78, 5) is 32.1. The second-order valence-corrected chi connectivity index (χ2v) is 2.69. The Bertz CT molecular complexity index is 372. The molecule has 0 amide bonds. The van der Waals surface area contributed by atoms with Crippen LogP contribution in [-0.4, -0.2) is 22.6 Å². The first-order chi connectivity index (χ1) is 6.61. The molecule has 1 N–H and O–H groups in total. The van der Waals surface area contributed by atoms with Crippen molar-refractivity contribution in [3.05, 3.63) is 35.9 Å². The zero-order valence-corrected chi connectivity index (χ0v) is 8.72. The Kier molecular flexibility index (Phi) is 5.52. The Morgan fingerprint density at radius 3 is 2.07 bits per heavy atom. The second-order valence-electron chi connectivity index (χ2n) is 2.69. The van der Waals surface area contributed by atoms with Gasteiger partial charge in [0.2, 0.25) is 5.78 Å². The van der Waals surface area contributed by atoms with Gasteiger partial charge >= 0.3 is 5.97 Å². The molecule has 0 radical (unpaired) electrons. The summed E-state index contributed by atoms with van der Waals surface area (Å²) in [6.45, 7) is 0. The Morgan fingerprint density at radius 1 is 1.07 bits per heavy atom. The molecule has 0 unspecified atom stereocenters. The molecule has 1 rings (SSSR count). The van der Waals surface area contributed by atoms with Gasteiger partial charge in [-0.05, 0) is 0 Å². The standard InChI is InChI=1S/C10H8O4.Fe/c11-8(6-9(12)10(13)14)7-4-2-1-3-5-7;/h1-5H,6H2,(H,13,14);. The minimum absolute atomic E-state index is 0. The zero-order valence-electron chi connectivity index (χ0n) is 7.62. The third-order valence-corrected chi connectivity index (χ3v) is 1.66. The predicted octanol–water partition coefficient (Wildman–Crippen LogP) is 0.911. The molecule has 0 heterocycles. The first-order valence-electron chi connectivity index (χ1n) is 3.95. The molecule has 5 heteroatoms. The Hall–Kier alpha value is -1.45. The van der Waals surface area contributed by atoms with Crippen molar-refractivity contribution in [3.8, 4) is 0 Å². The number of carbonyl (C=O) groups excluding carboxylic acids is 2. The largest absolute Gasteiger partial charge is 0.475 e. The van der Waals surface area contributed by atoms with Gasteiger partial charge in [0.05, 0.1) is 6.42 Å². The first kappa shape index (κ1) is 13.5. The molecule has 0 saturated heterocycles. The van der Waals surface area contributed by atoms with Crippen LogP contribution in [0.4, 0.5) is 0 Å². The van der Waals surface area contributed by atoms with Crippen LogP contribution in [0.2, 0.25) is 0 Å². The van der Waals surface area contributed by atoms with Gasteiger partial charge in [-0.1, -0.05) is 30.3 Å². The molecule has 15 heavy (non-hydrogen) atoms. The van der Waals surface area contributed by atoms with E-state index in [4.69, 9.17) is 5.11 Å². The van der Waals surface area contributed by atoms with Crippen LogP contribution in [0.1, 0.15) is 16.8 Å². The molecule has 0 aliphatic carbocycles. The quantitative estimate of drug-likeness (QED) is 0.372. The van der Waals surface area contributed by atoms with Crippen molar-refractivity contribution in [3.63, 3.8) is 0 Å². The SMILES string of the molecule is O=C(O)C(=O)CC(=O)c1ccccc1.[Fe]. The summed E-state index contributed by atoms with van der Waals surface area (Å²) in [7, 11) is 0. The van der Waals surface area contributed by atoms with Crippen LogP contribution in [0, 0.1) is 0 Å². The fourth-order valence-electron chi connectivity index (χ4n) is 0.948. The van der Waals surface area contributed by atoms with E-state index < -0.39 is 24.0 Å². The number of hydrogen-bond donors (Lipinski definition) is 1. The number of hydrogen-bond acceptors (Lipinski definition) is 3. The molecule has 4 nitrogen and oxygen atoms in total. The molecule has 0 atom stereocenters. The molecule has 0 bridgehead atoms. The predicted molar refractivity (Wildman–Crippen MR) is 48.0 cm³/mol. The fraction of sp³-hybridized carbons (Fsp3) is 0.100. The number of aliphatic carboxylic acids is 1. The molecule has 0 saturated carbocycles. The van der Waals surface area contributed by atoms with Crippen molar-refractivity contribution < 1.29 is 36.6 Å². The molecule has 1 aromatic carbocycles. The molecule has 1 aromatic rings. The van der Waals surface area contributed by atoms with Crippen molar-refractivity contribution in [2.75, 3.05) is 0 Å². The average molecular weight is 248 g/mol. The maximum atomic E-state index is 11.3. The van der Waals surface area contributed by atoms with Crippen LogP contribution in [0.5, 0.6) is 0 Å². The Balaban J connectivity index is 0.00000196. The normalized spacial score (nSPS) is 8.80. The summed E-state index contributed by atoms with van der Waals surface area (Å²) in [6.07, 6.45) is -0.584. The van der Waals surface area contributed by atoms with E-state index in [-0.39, 0.29) is 17.1 Å². The van der Waals surface area contributed by atoms with Crippen molar-refractivity contribution >= 4 is 17.5 Å². The van der Waals surface area contributed by atoms with Gasteiger partial charge in [-0.3, -0.25) is 9.59 Å². The summed E-state index contributed by atoms with van der Waals surface area (Å²) >= 11 is 0. The number of Topliss-reactive ketones (excluding diaryl/α,β-unsaturated/α-hetero) is 2. The zero-order chi connectivity index (χ0) is 10.6. The van der Waals surface area contributed by atoms with E-state index in [1.165, 1.54) is 12.1 Å². The number of carboxylic acid groups (broad SMARTS) is 1. The maximum Gasteiger partial charge on any atom is 0.372 e. The van der Waals surface area contributed by atoms with Gasteiger partial charge in [-0.15, -0.1) is 0 Å². The molecule has 0 fully saturated rings. The van der Waals surface area contributed by atoms with Gasteiger partial charge in [-0.25, -0.2) is 4.79 Å². The van der Waals surface area contributed by atoms with E-state index in [0.717, 1.165) is 0 Å². The van der Waals surface area contributed by atoms with E-state index >= 15 is 0 Å². The van der Waals surface area contributed by atoms with E-state index in [1.807, 2.05) is 0 Å². The monoisotopic (exact) mass is 248 g/mol. The molecule has 80 valence electrons. The van der Waals surface area contributed by atoms with E-state index in [2.05, 4.69) is 0 Å². The third-order valence-electron chi connectivity index (χ3n) is 1.66. The maximum absolute atomic E-state index is 11.3. The van der Waals surface area contributed by atoms with Crippen LogP contribution >= 0.6 is 0 Å². The molecule has 0 aliphatic rings. The molecule has 0 aliphatic heterocycles. The number of carbonyl (C=O) groups is 3. The van der Waals surface area contributed by atoms with Crippen LogP contribution in [0.3, 0.4) is 0 Å². The molecular weight excluding hydrogens is 240 g/mol. The van der Waals surface area contributed by atoms with Crippen molar-refractivity contribution in [1.82, 2.24) is 0 Å². The molecule has 0 aromatic heterocycles. The van der Waals surface area contributed by atoms with Crippen molar-refractivity contribution in [2.24, 2.45) is 0 Å². The number of rotatable bonds is 4. The summed E-state index contributed by atoms with van der Waals surface area (Å²) in [5, 5.41) is 8.28. The summed E-state index contributed by atoms with van der Waals surface area (Å²) < 4.78 is 0. The minimum Gasteiger partial charge on any atom is -0.475 e. The van der Waals surface area contributed by atoms with E-state index in [0.29, 0.717) is 5.56 Å². The number of ketones is 2. The van der Waals surface area contributed by atoms with E-state index in [9.17, 15) is 14.4 Å². The van der Waals surface area contributed by atoms with Gasteiger partial charge in [0, 0.05) is 22.6 Å². The molecule has 0 spiro atoms. The van der Waals surface area contributed by atoms with Crippen molar-refractivity contribution in [1.29, 1.82) is 0 Å². The van der Waals surface area contributed by atoms with Crippen LogP contribution < -0.4 is 0 Å². The van der Waals surface area contributed by atoms with E-state index in [1.54, 1.807) is 18.2 Å². The van der Waals surface area contributed by atoms with Gasteiger partial charge in [-0.2, -0.15) is 0 Å². The summed E-state index contributed by atoms with van der Waals surface area (Å²) in [5.74, 6) is -3.13. The van der Waals surface area contributed by atoms with Gasteiger partial charge in [0.1, 0.15) is 0 Å². The second kappa shape index (κ2) is 6.11. The van der Waals surface area contributed by atoms with Gasteiger partial charge in [0.15, 0.2) is 5.78 Å². The molecular formula is C10H8FeO4. The fourth-order valence-corrected chi connectivity index (χ4v) is 0.948. The van der Waals surface area contributed by atoms with Crippen LogP contribution in [0.15, 0.2) is 30.3 Å². The summed E-state index contributed by atoms with van der Waals surface area (Å²) in [6, 6.07) is 8.11. The van der Waals surface area contributed by atoms with Crippen LogP contribution in [0.25, 0.3) is 0 Å². The Morgan fingerprint density at radius 2 is 1.60 bits per heavy atom. The van der Waals surface area contributed by atoms with Crippen LogP contribution in [-0.2, 0) is 26.7 Å². The smallest absolute Gasteiger partial charge is 0.372 e. The average Bonchev–Trinajstić information content (AvgIpc) is 2.19. The van der Waals surface area contributed by atoms with Gasteiger partial charge < -0.3 is 5.11 Å².